The van der Waals surface area contributed by atoms with Gasteiger partial charge in [-0.3, -0.25) is 4.79 Å². The standard InChI is InChI=1S/C13H17BrO/c1-10(2)13(15)9-5-7-11-6-3-4-8-12(11)14/h3-4,6,8,10H,5,7,9H2,1-2H3. The molecule has 0 N–H and O–H groups in total. The van der Waals surface area contributed by atoms with Crippen molar-refractivity contribution in [1.29, 1.82) is 0 Å². The second-order valence-corrected chi connectivity index (χ2v) is 4.92. The molecule has 82 valence electrons. The molecule has 1 rings (SSSR count). The lowest BCUT2D eigenvalue weighted by atomic mass is 10.0. The van der Waals surface area contributed by atoms with Crippen molar-refractivity contribution in [3.63, 3.8) is 0 Å². The quantitative estimate of drug-likeness (QED) is 0.789. The van der Waals surface area contributed by atoms with Crippen LogP contribution in [0.1, 0.15) is 32.3 Å². The summed E-state index contributed by atoms with van der Waals surface area (Å²) >= 11 is 3.51. The van der Waals surface area contributed by atoms with E-state index in [0.29, 0.717) is 12.2 Å². The zero-order valence-corrected chi connectivity index (χ0v) is 10.9. The summed E-state index contributed by atoms with van der Waals surface area (Å²) in [5, 5.41) is 0. The summed E-state index contributed by atoms with van der Waals surface area (Å²) < 4.78 is 1.14. The number of rotatable bonds is 5. The van der Waals surface area contributed by atoms with Gasteiger partial charge in [-0.05, 0) is 24.5 Å². The molecular weight excluding hydrogens is 252 g/mol. The minimum Gasteiger partial charge on any atom is -0.299 e. The Balaban J connectivity index is 2.38. The molecule has 1 aromatic rings. The topological polar surface area (TPSA) is 17.1 Å². The number of hydrogen-bond donors (Lipinski definition) is 0. The van der Waals surface area contributed by atoms with Crippen LogP contribution in [-0.2, 0) is 11.2 Å². The van der Waals surface area contributed by atoms with Gasteiger partial charge < -0.3 is 0 Å². The lowest BCUT2D eigenvalue weighted by Gasteiger charge is -2.05. The Bertz CT molecular complexity index is 331. The van der Waals surface area contributed by atoms with E-state index in [1.807, 2.05) is 32.0 Å². The number of carbonyl (C=O) groups excluding carboxylic acids is 1. The molecule has 0 spiro atoms. The molecule has 1 nitrogen and oxygen atoms in total. The molecule has 0 atom stereocenters. The number of hydrogen-bond acceptors (Lipinski definition) is 1. The van der Waals surface area contributed by atoms with E-state index in [1.165, 1.54) is 5.56 Å². The van der Waals surface area contributed by atoms with E-state index in [2.05, 4.69) is 22.0 Å². The van der Waals surface area contributed by atoms with E-state index in [1.54, 1.807) is 0 Å². The van der Waals surface area contributed by atoms with Crippen LogP contribution in [0.25, 0.3) is 0 Å². The predicted octanol–water partition coefficient (Wildman–Crippen LogP) is 4.00. The van der Waals surface area contributed by atoms with Crippen LogP contribution in [-0.4, -0.2) is 5.78 Å². The minimum absolute atomic E-state index is 0.171. The summed E-state index contributed by atoms with van der Waals surface area (Å²) in [6.45, 7) is 3.92. The molecule has 0 aliphatic heterocycles. The predicted molar refractivity (Wildman–Crippen MR) is 66.9 cm³/mol. The zero-order chi connectivity index (χ0) is 11.3. The average Bonchev–Trinajstić information content (AvgIpc) is 2.20. The highest BCUT2D eigenvalue weighted by Crippen LogP contribution is 2.18. The Kier molecular flexibility index (Phi) is 5.03. The maximum atomic E-state index is 11.4. The number of ketones is 1. The SMILES string of the molecule is CC(C)C(=O)CCCc1ccccc1Br. The molecule has 0 bridgehead atoms. The second-order valence-electron chi connectivity index (χ2n) is 4.07. The van der Waals surface area contributed by atoms with Crippen molar-refractivity contribution in [2.75, 3.05) is 0 Å². The third kappa shape index (κ3) is 4.17. The van der Waals surface area contributed by atoms with Crippen LogP contribution in [0.2, 0.25) is 0 Å². The maximum Gasteiger partial charge on any atom is 0.135 e. The maximum absolute atomic E-state index is 11.4. The summed E-state index contributed by atoms with van der Waals surface area (Å²) in [6, 6.07) is 8.18. The average molecular weight is 269 g/mol. The van der Waals surface area contributed by atoms with Crippen LogP contribution in [0.15, 0.2) is 28.7 Å². The van der Waals surface area contributed by atoms with Gasteiger partial charge in [0.15, 0.2) is 0 Å². The first-order valence-electron chi connectivity index (χ1n) is 5.37. The first kappa shape index (κ1) is 12.4. The lowest BCUT2D eigenvalue weighted by molar-refractivity contribution is -0.121. The van der Waals surface area contributed by atoms with Crippen LogP contribution in [0.4, 0.5) is 0 Å². The molecule has 0 amide bonds. The molecule has 0 radical (unpaired) electrons. The van der Waals surface area contributed by atoms with Gasteiger partial charge in [0.1, 0.15) is 5.78 Å². The summed E-state index contributed by atoms with van der Waals surface area (Å²) in [4.78, 5) is 11.4. The van der Waals surface area contributed by atoms with Crippen LogP contribution >= 0.6 is 15.9 Å². The first-order valence-corrected chi connectivity index (χ1v) is 6.16. The number of carbonyl (C=O) groups is 1. The summed E-state index contributed by atoms with van der Waals surface area (Å²) in [7, 11) is 0. The molecular formula is C13H17BrO. The van der Waals surface area contributed by atoms with Crippen LogP contribution in [0.3, 0.4) is 0 Å². The van der Waals surface area contributed by atoms with Gasteiger partial charge in [-0.2, -0.15) is 0 Å². The first-order chi connectivity index (χ1) is 7.11. The fourth-order valence-electron chi connectivity index (χ4n) is 1.44. The molecule has 0 unspecified atom stereocenters. The van der Waals surface area contributed by atoms with Crippen LogP contribution in [0, 0.1) is 5.92 Å². The third-order valence-corrected chi connectivity index (χ3v) is 3.24. The molecule has 15 heavy (non-hydrogen) atoms. The molecule has 0 aliphatic carbocycles. The van der Waals surface area contributed by atoms with E-state index in [0.717, 1.165) is 17.3 Å². The van der Waals surface area contributed by atoms with Gasteiger partial charge in [-0.1, -0.05) is 48.0 Å². The summed E-state index contributed by atoms with van der Waals surface area (Å²) in [6.07, 6.45) is 2.61. The van der Waals surface area contributed by atoms with E-state index in [9.17, 15) is 4.79 Å². The van der Waals surface area contributed by atoms with Crippen molar-refractivity contribution < 1.29 is 4.79 Å². The summed E-state index contributed by atoms with van der Waals surface area (Å²) in [5.41, 5.74) is 1.29. The van der Waals surface area contributed by atoms with E-state index >= 15 is 0 Å². The van der Waals surface area contributed by atoms with Gasteiger partial charge >= 0.3 is 0 Å². The Morgan fingerprint density at radius 1 is 1.33 bits per heavy atom. The van der Waals surface area contributed by atoms with Gasteiger partial charge in [-0.25, -0.2) is 0 Å². The van der Waals surface area contributed by atoms with Crippen LogP contribution < -0.4 is 0 Å². The fourth-order valence-corrected chi connectivity index (χ4v) is 1.93. The second kappa shape index (κ2) is 6.06. The Morgan fingerprint density at radius 3 is 2.60 bits per heavy atom. The molecule has 0 saturated carbocycles. The van der Waals surface area contributed by atoms with E-state index < -0.39 is 0 Å². The third-order valence-electron chi connectivity index (χ3n) is 2.47. The van der Waals surface area contributed by atoms with Gasteiger partial charge in [-0.15, -0.1) is 0 Å². The van der Waals surface area contributed by atoms with E-state index in [-0.39, 0.29) is 5.92 Å². The molecule has 2 heteroatoms. The van der Waals surface area contributed by atoms with Crippen molar-refractivity contribution >= 4 is 21.7 Å². The van der Waals surface area contributed by atoms with Crippen LogP contribution in [0.5, 0.6) is 0 Å². The van der Waals surface area contributed by atoms with E-state index in [4.69, 9.17) is 0 Å². The normalized spacial score (nSPS) is 10.7. The number of Topliss-reactive ketones (excluding diaryl/α,β-unsaturated/α-hetero) is 1. The van der Waals surface area contributed by atoms with Gasteiger partial charge in [0.05, 0.1) is 0 Å². The summed E-state index contributed by atoms with van der Waals surface area (Å²) in [5.74, 6) is 0.534. The molecule has 0 aliphatic rings. The van der Waals surface area contributed by atoms with Crippen molar-refractivity contribution in [3.8, 4) is 0 Å². The molecule has 0 saturated heterocycles. The van der Waals surface area contributed by atoms with Crippen molar-refractivity contribution in [2.24, 2.45) is 5.92 Å². The Hall–Kier alpha value is -0.630. The Morgan fingerprint density at radius 2 is 2.00 bits per heavy atom. The number of aryl methyl sites for hydroxylation is 1. The molecule has 0 aromatic heterocycles. The number of halogens is 1. The van der Waals surface area contributed by atoms with Gasteiger partial charge in [0, 0.05) is 16.8 Å². The molecule has 0 fully saturated rings. The fraction of sp³-hybridized carbons (Fsp3) is 0.462. The highest BCUT2D eigenvalue weighted by atomic mass is 79.9. The monoisotopic (exact) mass is 268 g/mol. The van der Waals surface area contributed by atoms with Crippen molar-refractivity contribution in [2.45, 2.75) is 33.1 Å². The lowest BCUT2D eigenvalue weighted by Crippen LogP contribution is -2.06. The molecule has 1 aromatic carbocycles. The molecule has 0 heterocycles. The Labute approximate surface area is 100 Å². The largest absolute Gasteiger partial charge is 0.299 e. The van der Waals surface area contributed by atoms with Crippen molar-refractivity contribution in [1.82, 2.24) is 0 Å². The smallest absolute Gasteiger partial charge is 0.135 e. The highest BCUT2D eigenvalue weighted by molar-refractivity contribution is 9.10. The van der Waals surface area contributed by atoms with Crippen molar-refractivity contribution in [3.05, 3.63) is 34.3 Å². The highest BCUT2D eigenvalue weighted by Gasteiger charge is 2.07. The van der Waals surface area contributed by atoms with Gasteiger partial charge in [0.2, 0.25) is 0 Å². The zero-order valence-electron chi connectivity index (χ0n) is 9.29. The number of benzene rings is 1. The minimum atomic E-state index is 0.171. The van der Waals surface area contributed by atoms with Gasteiger partial charge in [0.25, 0.3) is 0 Å².